The zero-order valence-corrected chi connectivity index (χ0v) is 15.1. The highest BCUT2D eigenvalue weighted by Gasteiger charge is 2.15. The van der Waals surface area contributed by atoms with E-state index in [2.05, 4.69) is 82.7 Å². The van der Waals surface area contributed by atoms with Gasteiger partial charge in [-0.1, -0.05) is 64.5 Å². The molecule has 0 saturated heterocycles. The van der Waals surface area contributed by atoms with Gasteiger partial charge in [-0.2, -0.15) is 0 Å². The van der Waals surface area contributed by atoms with Gasteiger partial charge >= 0.3 is 0 Å². The highest BCUT2D eigenvalue weighted by Crippen LogP contribution is 2.42. The Hall–Kier alpha value is -2.23. The Morgan fingerprint density at radius 1 is 0.792 bits per heavy atom. The average Bonchev–Trinajstić information content (AvgIpc) is 3.01. The number of nitrogens with zero attached hydrogens (tertiary/aromatic N) is 1. The van der Waals surface area contributed by atoms with Crippen LogP contribution in [0.1, 0.15) is 0 Å². The number of pyridine rings is 1. The molecular formula is C21H12BrNS. The fourth-order valence-electron chi connectivity index (χ4n) is 3.25. The fraction of sp³-hybridized carbons (Fsp3) is 0. The van der Waals surface area contributed by atoms with Crippen LogP contribution in [-0.2, 0) is 0 Å². The van der Waals surface area contributed by atoms with E-state index in [9.17, 15) is 0 Å². The minimum atomic E-state index is 1.05. The first kappa shape index (κ1) is 14.1. The Morgan fingerprint density at radius 2 is 1.58 bits per heavy atom. The molecule has 0 amide bonds. The third kappa shape index (κ3) is 2.09. The van der Waals surface area contributed by atoms with E-state index in [1.54, 1.807) is 0 Å². The van der Waals surface area contributed by atoms with Crippen LogP contribution in [0, 0.1) is 0 Å². The predicted octanol–water partition coefficient (Wildman–Crippen LogP) is 7.03. The topological polar surface area (TPSA) is 12.9 Å². The molecule has 3 heteroatoms. The van der Waals surface area contributed by atoms with Crippen molar-refractivity contribution in [1.82, 2.24) is 4.98 Å². The largest absolute Gasteiger partial charge is 0.247 e. The minimum absolute atomic E-state index is 1.05. The molecule has 1 nitrogen and oxygen atoms in total. The molecule has 114 valence electrons. The zero-order valence-electron chi connectivity index (χ0n) is 12.7. The van der Waals surface area contributed by atoms with E-state index in [0.29, 0.717) is 0 Å². The molecule has 0 aliphatic carbocycles. The summed E-state index contributed by atoms with van der Waals surface area (Å²) in [5, 5.41) is 3.77. The molecule has 0 unspecified atom stereocenters. The molecule has 24 heavy (non-hydrogen) atoms. The van der Waals surface area contributed by atoms with Crippen LogP contribution < -0.4 is 0 Å². The molecule has 0 aliphatic rings. The lowest BCUT2D eigenvalue weighted by Crippen LogP contribution is -1.87. The van der Waals surface area contributed by atoms with E-state index in [1.165, 1.54) is 25.6 Å². The quantitative estimate of drug-likeness (QED) is 0.299. The first-order valence-electron chi connectivity index (χ1n) is 7.77. The van der Waals surface area contributed by atoms with Gasteiger partial charge in [-0.25, -0.2) is 4.98 Å². The Labute approximate surface area is 151 Å². The minimum Gasteiger partial charge on any atom is -0.247 e. The van der Waals surface area contributed by atoms with Crippen LogP contribution in [0.15, 0.2) is 77.3 Å². The van der Waals surface area contributed by atoms with Crippen molar-refractivity contribution < 1.29 is 0 Å². The average molecular weight is 390 g/mol. The molecule has 0 radical (unpaired) electrons. The van der Waals surface area contributed by atoms with Gasteiger partial charge < -0.3 is 0 Å². The molecule has 0 aliphatic heterocycles. The van der Waals surface area contributed by atoms with Crippen molar-refractivity contribution in [3.05, 3.63) is 77.3 Å². The third-order valence-electron chi connectivity index (χ3n) is 4.31. The number of hydrogen-bond donors (Lipinski definition) is 0. The molecule has 2 heterocycles. The summed E-state index contributed by atoms with van der Waals surface area (Å²) in [4.78, 5) is 5.02. The fourth-order valence-corrected chi connectivity index (χ4v) is 4.89. The number of aromatic nitrogens is 1. The van der Waals surface area contributed by atoms with E-state index in [0.717, 1.165) is 21.2 Å². The van der Waals surface area contributed by atoms with Gasteiger partial charge in [0.15, 0.2) is 0 Å². The lowest BCUT2D eigenvalue weighted by atomic mass is 10.0. The maximum absolute atomic E-state index is 5.02. The summed E-state index contributed by atoms with van der Waals surface area (Å²) >= 11 is 5.44. The molecule has 5 aromatic rings. The molecule has 3 aromatic carbocycles. The van der Waals surface area contributed by atoms with Gasteiger partial charge in [0.1, 0.15) is 0 Å². The van der Waals surface area contributed by atoms with Crippen LogP contribution in [0.2, 0.25) is 0 Å². The van der Waals surface area contributed by atoms with Gasteiger partial charge in [-0.05, 0) is 24.3 Å². The van der Waals surface area contributed by atoms with Crippen LogP contribution in [0.25, 0.3) is 42.3 Å². The highest BCUT2D eigenvalue weighted by molar-refractivity contribution is 9.10. The predicted molar refractivity (Wildman–Crippen MR) is 108 cm³/mol. The number of hydrogen-bond acceptors (Lipinski definition) is 2. The van der Waals surface area contributed by atoms with Crippen LogP contribution in [0.3, 0.4) is 0 Å². The molecule has 0 atom stereocenters. The number of rotatable bonds is 1. The molecule has 0 saturated carbocycles. The lowest BCUT2D eigenvalue weighted by Gasteiger charge is -2.08. The van der Waals surface area contributed by atoms with Gasteiger partial charge in [0.05, 0.1) is 11.2 Å². The second-order valence-electron chi connectivity index (χ2n) is 5.79. The summed E-state index contributed by atoms with van der Waals surface area (Å²) < 4.78 is 3.70. The molecular weight excluding hydrogens is 378 g/mol. The van der Waals surface area contributed by atoms with E-state index in [4.69, 9.17) is 4.98 Å². The van der Waals surface area contributed by atoms with Crippen LogP contribution in [0.4, 0.5) is 0 Å². The summed E-state index contributed by atoms with van der Waals surface area (Å²) in [5.74, 6) is 0. The van der Waals surface area contributed by atoms with Gasteiger partial charge in [-0.3, -0.25) is 0 Å². The van der Waals surface area contributed by atoms with Crippen molar-refractivity contribution in [2.45, 2.75) is 0 Å². The van der Waals surface area contributed by atoms with Crippen molar-refractivity contribution >= 4 is 58.3 Å². The Kier molecular flexibility index (Phi) is 3.18. The molecule has 0 fully saturated rings. The Bertz CT molecular complexity index is 1220. The van der Waals surface area contributed by atoms with Crippen LogP contribution in [-0.4, -0.2) is 4.98 Å². The first-order valence-corrected chi connectivity index (χ1v) is 9.38. The van der Waals surface area contributed by atoms with Crippen molar-refractivity contribution in [2.75, 3.05) is 0 Å². The van der Waals surface area contributed by atoms with Gasteiger partial charge in [-0.15, -0.1) is 11.3 Å². The van der Waals surface area contributed by atoms with E-state index >= 15 is 0 Å². The van der Waals surface area contributed by atoms with E-state index in [-0.39, 0.29) is 0 Å². The lowest BCUT2D eigenvalue weighted by molar-refractivity contribution is 1.43. The standard InChI is InChI=1S/C21H12BrNS/c22-14-7-5-6-13(12-14)20-19-16-9-2-4-11-18(16)24-21(19)15-8-1-3-10-17(15)23-20/h1-12H. The van der Waals surface area contributed by atoms with Crippen molar-refractivity contribution in [1.29, 1.82) is 0 Å². The van der Waals surface area contributed by atoms with E-state index < -0.39 is 0 Å². The number of benzene rings is 3. The van der Waals surface area contributed by atoms with Crippen molar-refractivity contribution in [3.63, 3.8) is 0 Å². The second kappa shape index (κ2) is 5.40. The molecule has 0 spiro atoms. The van der Waals surface area contributed by atoms with Gasteiger partial charge in [0, 0.05) is 35.6 Å². The summed E-state index contributed by atoms with van der Waals surface area (Å²) in [5.41, 5.74) is 3.25. The van der Waals surface area contributed by atoms with Crippen LogP contribution >= 0.6 is 27.3 Å². The van der Waals surface area contributed by atoms with Gasteiger partial charge in [0.2, 0.25) is 0 Å². The van der Waals surface area contributed by atoms with Crippen molar-refractivity contribution in [2.24, 2.45) is 0 Å². The summed E-state index contributed by atoms with van der Waals surface area (Å²) in [6.45, 7) is 0. The van der Waals surface area contributed by atoms with Gasteiger partial charge in [0.25, 0.3) is 0 Å². The Morgan fingerprint density at radius 3 is 2.46 bits per heavy atom. The Balaban J connectivity index is 2.04. The van der Waals surface area contributed by atoms with Crippen LogP contribution in [0.5, 0.6) is 0 Å². The second-order valence-corrected chi connectivity index (χ2v) is 7.76. The summed E-state index contributed by atoms with van der Waals surface area (Å²) in [6.07, 6.45) is 0. The zero-order chi connectivity index (χ0) is 16.1. The smallest absolute Gasteiger partial charge is 0.0803 e. The number of halogens is 1. The molecule has 2 aromatic heterocycles. The highest BCUT2D eigenvalue weighted by atomic mass is 79.9. The van der Waals surface area contributed by atoms with Crippen molar-refractivity contribution in [3.8, 4) is 11.3 Å². The monoisotopic (exact) mass is 389 g/mol. The molecule has 5 rings (SSSR count). The normalized spacial score (nSPS) is 11.5. The first-order chi connectivity index (χ1) is 11.8. The number of fused-ring (bicyclic) bond motifs is 5. The molecule has 0 N–H and O–H groups in total. The maximum Gasteiger partial charge on any atom is 0.0803 e. The number of thiophene rings is 1. The SMILES string of the molecule is Brc1cccc(-c2nc3ccccc3c3sc4ccccc4c23)c1. The third-order valence-corrected chi connectivity index (χ3v) is 6.01. The number of para-hydroxylation sites is 1. The van der Waals surface area contributed by atoms with E-state index in [1.807, 2.05) is 17.4 Å². The summed E-state index contributed by atoms with van der Waals surface area (Å²) in [7, 11) is 0. The molecule has 0 bridgehead atoms. The maximum atomic E-state index is 5.02. The summed E-state index contributed by atoms with van der Waals surface area (Å²) in [6, 6.07) is 25.4.